The minimum absolute atomic E-state index is 0.0918. The lowest BCUT2D eigenvalue weighted by atomic mass is 9.89. The van der Waals surface area contributed by atoms with Gasteiger partial charge in [-0.15, -0.1) is 0 Å². The van der Waals surface area contributed by atoms with E-state index in [1.54, 1.807) is 31.5 Å². The van der Waals surface area contributed by atoms with Crippen molar-refractivity contribution in [2.75, 3.05) is 6.61 Å². The summed E-state index contributed by atoms with van der Waals surface area (Å²) >= 11 is 0. The lowest BCUT2D eigenvalue weighted by Gasteiger charge is -2.32. The van der Waals surface area contributed by atoms with E-state index in [1.807, 2.05) is 20.8 Å². The van der Waals surface area contributed by atoms with Gasteiger partial charge in [0.2, 0.25) is 5.91 Å². The lowest BCUT2D eigenvalue weighted by Crippen LogP contribution is -2.50. The number of nitrogens with zero attached hydrogens (tertiary/aromatic N) is 1. The van der Waals surface area contributed by atoms with Crippen LogP contribution < -0.4 is 5.32 Å². The molecule has 94 valence electrons. The summed E-state index contributed by atoms with van der Waals surface area (Å²) in [6.45, 7) is 7.16. The zero-order valence-electron chi connectivity index (χ0n) is 10.8. The van der Waals surface area contributed by atoms with Crippen molar-refractivity contribution >= 4 is 5.91 Å². The zero-order valence-corrected chi connectivity index (χ0v) is 10.8. The summed E-state index contributed by atoms with van der Waals surface area (Å²) in [5, 5.41) is 12.4. The summed E-state index contributed by atoms with van der Waals surface area (Å²) in [5.74, 6) is -0.0918. The number of pyridine rings is 1. The highest BCUT2D eigenvalue weighted by Gasteiger charge is 2.32. The molecule has 0 saturated heterocycles. The smallest absolute Gasteiger partial charge is 0.226 e. The van der Waals surface area contributed by atoms with Crippen LogP contribution >= 0.6 is 0 Å². The minimum Gasteiger partial charge on any atom is -0.394 e. The summed E-state index contributed by atoms with van der Waals surface area (Å²) in [7, 11) is 0. The molecule has 2 N–H and O–H groups in total. The van der Waals surface area contributed by atoms with E-state index in [4.69, 9.17) is 0 Å². The van der Waals surface area contributed by atoms with E-state index in [-0.39, 0.29) is 12.5 Å². The molecule has 0 aromatic carbocycles. The molecule has 0 unspecified atom stereocenters. The zero-order chi connectivity index (χ0) is 13.1. The molecule has 1 atom stereocenters. The van der Waals surface area contributed by atoms with Gasteiger partial charge >= 0.3 is 0 Å². The highest BCUT2D eigenvalue weighted by atomic mass is 16.3. The Labute approximate surface area is 102 Å². The number of carbonyl (C=O) groups excluding carboxylic acids is 1. The van der Waals surface area contributed by atoms with Gasteiger partial charge in [0, 0.05) is 17.8 Å². The van der Waals surface area contributed by atoms with E-state index in [9.17, 15) is 9.90 Å². The molecule has 4 nitrogen and oxygen atoms in total. The van der Waals surface area contributed by atoms with Crippen LogP contribution in [0.2, 0.25) is 0 Å². The first-order valence-corrected chi connectivity index (χ1v) is 5.63. The molecule has 0 spiro atoms. The number of nitrogens with one attached hydrogen (secondary N) is 1. The van der Waals surface area contributed by atoms with Crippen molar-refractivity contribution in [3.63, 3.8) is 0 Å². The molecule has 0 bridgehead atoms. The molecule has 1 amide bonds. The van der Waals surface area contributed by atoms with Crippen molar-refractivity contribution < 1.29 is 9.90 Å². The second kappa shape index (κ2) is 4.84. The van der Waals surface area contributed by atoms with Crippen LogP contribution in [0.5, 0.6) is 0 Å². The highest BCUT2D eigenvalue weighted by molar-refractivity contribution is 5.82. The fraction of sp³-hybridized carbons (Fsp3) is 0.538. The molecule has 0 radical (unpaired) electrons. The first-order chi connectivity index (χ1) is 7.79. The molecular weight excluding hydrogens is 216 g/mol. The van der Waals surface area contributed by atoms with Crippen LogP contribution in [0, 0.1) is 5.41 Å². The van der Waals surface area contributed by atoms with Crippen LogP contribution in [-0.2, 0) is 10.3 Å². The predicted molar refractivity (Wildman–Crippen MR) is 66.3 cm³/mol. The Hall–Kier alpha value is -1.42. The second-order valence-corrected chi connectivity index (χ2v) is 5.43. The van der Waals surface area contributed by atoms with Crippen molar-refractivity contribution in [2.24, 2.45) is 5.41 Å². The number of aromatic nitrogens is 1. The van der Waals surface area contributed by atoms with E-state index >= 15 is 0 Å². The summed E-state index contributed by atoms with van der Waals surface area (Å²) in [4.78, 5) is 15.9. The van der Waals surface area contributed by atoms with Crippen molar-refractivity contribution in [2.45, 2.75) is 33.2 Å². The standard InChI is InChI=1S/C13H20N2O2/c1-12(2,3)11(17)15-13(4,9-16)10-5-7-14-8-6-10/h5-8,16H,9H2,1-4H3,(H,15,17)/t13-/m0/s1. The van der Waals surface area contributed by atoms with Gasteiger partial charge in [-0.05, 0) is 24.6 Å². The molecule has 1 rings (SSSR count). The topological polar surface area (TPSA) is 62.2 Å². The Morgan fingerprint density at radius 2 is 1.82 bits per heavy atom. The lowest BCUT2D eigenvalue weighted by molar-refractivity contribution is -0.131. The molecule has 0 fully saturated rings. The van der Waals surface area contributed by atoms with Crippen LogP contribution in [-0.4, -0.2) is 22.6 Å². The number of amides is 1. The van der Waals surface area contributed by atoms with Gasteiger partial charge < -0.3 is 10.4 Å². The van der Waals surface area contributed by atoms with Crippen molar-refractivity contribution in [1.29, 1.82) is 0 Å². The molecule has 1 heterocycles. The van der Waals surface area contributed by atoms with Gasteiger partial charge in [-0.25, -0.2) is 0 Å². The summed E-state index contributed by atoms with van der Waals surface area (Å²) in [5.41, 5.74) is -0.413. The molecule has 0 aliphatic heterocycles. The van der Waals surface area contributed by atoms with Gasteiger partial charge in [0.15, 0.2) is 0 Å². The first kappa shape index (κ1) is 13.6. The average Bonchev–Trinajstić information content (AvgIpc) is 2.28. The maximum atomic E-state index is 12.0. The third-order valence-electron chi connectivity index (χ3n) is 2.70. The fourth-order valence-corrected chi connectivity index (χ4v) is 1.36. The predicted octanol–water partition coefficient (Wildman–Crippen LogP) is 1.45. The minimum atomic E-state index is -0.771. The van der Waals surface area contributed by atoms with E-state index < -0.39 is 11.0 Å². The monoisotopic (exact) mass is 236 g/mol. The third-order valence-corrected chi connectivity index (χ3v) is 2.70. The van der Waals surface area contributed by atoms with Gasteiger partial charge in [0.1, 0.15) is 0 Å². The molecular formula is C13H20N2O2. The Bertz CT molecular complexity index is 384. The largest absolute Gasteiger partial charge is 0.394 e. The fourth-order valence-electron chi connectivity index (χ4n) is 1.36. The van der Waals surface area contributed by atoms with Crippen molar-refractivity contribution in [3.8, 4) is 0 Å². The van der Waals surface area contributed by atoms with Crippen LogP contribution in [0.15, 0.2) is 24.5 Å². The maximum absolute atomic E-state index is 12.0. The van der Waals surface area contributed by atoms with Crippen LogP contribution in [0.3, 0.4) is 0 Å². The third kappa shape index (κ3) is 3.27. The van der Waals surface area contributed by atoms with E-state index in [1.165, 1.54) is 0 Å². The molecule has 0 aliphatic carbocycles. The van der Waals surface area contributed by atoms with E-state index in [0.717, 1.165) is 5.56 Å². The van der Waals surface area contributed by atoms with E-state index in [2.05, 4.69) is 10.3 Å². The quantitative estimate of drug-likeness (QED) is 0.835. The summed E-state index contributed by atoms with van der Waals surface area (Å²) < 4.78 is 0. The molecule has 0 aliphatic rings. The number of hydrogen-bond donors (Lipinski definition) is 2. The number of hydrogen-bond acceptors (Lipinski definition) is 3. The Balaban J connectivity index is 2.95. The SMILES string of the molecule is CC(C)(C)C(=O)N[C@@](C)(CO)c1ccncc1. The normalized spacial score (nSPS) is 15.1. The summed E-state index contributed by atoms with van der Waals surface area (Å²) in [6.07, 6.45) is 3.29. The van der Waals surface area contributed by atoms with E-state index in [0.29, 0.717) is 0 Å². The van der Waals surface area contributed by atoms with Crippen LogP contribution in [0.1, 0.15) is 33.3 Å². The van der Waals surface area contributed by atoms with Gasteiger partial charge in [-0.3, -0.25) is 9.78 Å². The maximum Gasteiger partial charge on any atom is 0.226 e. The number of aliphatic hydroxyl groups excluding tert-OH is 1. The Morgan fingerprint density at radius 3 is 2.24 bits per heavy atom. The molecule has 17 heavy (non-hydrogen) atoms. The molecule has 1 aromatic rings. The number of rotatable bonds is 3. The average molecular weight is 236 g/mol. The summed E-state index contributed by atoms with van der Waals surface area (Å²) in [6, 6.07) is 3.58. The van der Waals surface area contributed by atoms with Crippen LogP contribution in [0.25, 0.3) is 0 Å². The van der Waals surface area contributed by atoms with Gasteiger partial charge in [-0.1, -0.05) is 20.8 Å². The highest BCUT2D eigenvalue weighted by Crippen LogP contribution is 2.22. The Kier molecular flexibility index (Phi) is 3.88. The molecule has 1 aromatic heterocycles. The van der Waals surface area contributed by atoms with Gasteiger partial charge in [-0.2, -0.15) is 0 Å². The molecule has 0 saturated carbocycles. The van der Waals surface area contributed by atoms with Gasteiger partial charge in [0.05, 0.1) is 12.1 Å². The first-order valence-electron chi connectivity index (χ1n) is 5.63. The van der Waals surface area contributed by atoms with Crippen LogP contribution in [0.4, 0.5) is 0 Å². The van der Waals surface area contributed by atoms with Gasteiger partial charge in [0.25, 0.3) is 0 Å². The Morgan fingerprint density at radius 1 is 1.29 bits per heavy atom. The number of carbonyl (C=O) groups is 1. The van der Waals surface area contributed by atoms with Crippen molar-refractivity contribution in [3.05, 3.63) is 30.1 Å². The second-order valence-electron chi connectivity index (χ2n) is 5.43. The van der Waals surface area contributed by atoms with Crippen molar-refractivity contribution in [1.82, 2.24) is 10.3 Å². The molecule has 4 heteroatoms. The number of aliphatic hydroxyl groups is 1.